The molecule has 0 aliphatic carbocycles. The van der Waals surface area contributed by atoms with Gasteiger partial charge in [0.15, 0.2) is 29.7 Å². The lowest BCUT2D eigenvalue weighted by Gasteiger charge is -2.44. The van der Waals surface area contributed by atoms with E-state index in [1.807, 2.05) is 0 Å². The predicted octanol–water partition coefficient (Wildman–Crippen LogP) is 3.67. The van der Waals surface area contributed by atoms with Crippen molar-refractivity contribution < 1.29 is 38.1 Å². The fourth-order valence-corrected chi connectivity index (χ4v) is 6.44. The predicted molar refractivity (Wildman–Crippen MR) is 205 cm³/mol. The second kappa shape index (κ2) is 31.1. The van der Waals surface area contributed by atoms with E-state index in [1.165, 1.54) is 7.11 Å². The van der Waals surface area contributed by atoms with Crippen molar-refractivity contribution in [3.8, 4) is 0 Å². The monoisotopic (exact) mass is 771 g/mol. The normalized spacial score (nSPS) is 20.1. The Hall–Kier alpha value is -1.46. The molecule has 0 saturated carbocycles. The summed E-state index contributed by atoms with van der Waals surface area (Å²) >= 11 is 7.01. The van der Waals surface area contributed by atoms with Gasteiger partial charge in [0.1, 0.15) is 6.10 Å². The lowest BCUT2D eigenvalue weighted by atomic mass is 9.98. The van der Waals surface area contributed by atoms with Crippen molar-refractivity contribution in [2.45, 2.75) is 129 Å². The Labute approximate surface area is 316 Å². The number of methoxy groups -OCH3 is 1. The topological polar surface area (TPSA) is 177 Å². The van der Waals surface area contributed by atoms with Crippen LogP contribution in [0.2, 0.25) is 0 Å². The minimum atomic E-state index is -1.10. The molecule has 0 unspecified atom stereocenters. The summed E-state index contributed by atoms with van der Waals surface area (Å²) in [7, 11) is 1.45. The molecule has 1 aliphatic heterocycles. The minimum Gasteiger partial charge on any atom is -0.455 e. The van der Waals surface area contributed by atoms with Gasteiger partial charge in [-0.1, -0.05) is 59.3 Å². The zero-order chi connectivity index (χ0) is 36.3. The summed E-state index contributed by atoms with van der Waals surface area (Å²) in [4.78, 5) is 41.2. The van der Waals surface area contributed by atoms with Crippen molar-refractivity contribution in [2.24, 2.45) is 11.5 Å². The van der Waals surface area contributed by atoms with Crippen molar-refractivity contribution >= 4 is 59.4 Å². The van der Waals surface area contributed by atoms with Crippen LogP contribution in [0.3, 0.4) is 0 Å². The number of hydrogen-bond donors (Lipinski definition) is 4. The van der Waals surface area contributed by atoms with Crippen molar-refractivity contribution in [1.82, 2.24) is 15.5 Å². The van der Waals surface area contributed by atoms with Crippen LogP contribution in [0.1, 0.15) is 97.8 Å². The van der Waals surface area contributed by atoms with Crippen LogP contribution in [0, 0.1) is 0 Å². The molecule has 1 fully saturated rings. The summed E-state index contributed by atoms with van der Waals surface area (Å²) in [5.41, 5.74) is 11.4. The Morgan fingerprint density at radius 2 is 1.22 bits per heavy atom. The van der Waals surface area contributed by atoms with Crippen LogP contribution in [0.5, 0.6) is 0 Å². The smallest absolute Gasteiger partial charge is 0.306 e. The summed E-state index contributed by atoms with van der Waals surface area (Å²) in [5, 5.41) is 6.97. The van der Waals surface area contributed by atoms with E-state index in [1.54, 1.807) is 11.8 Å². The zero-order valence-corrected chi connectivity index (χ0v) is 33.3. The van der Waals surface area contributed by atoms with E-state index in [2.05, 4.69) is 36.3 Å². The molecule has 6 N–H and O–H groups in total. The Kier molecular flexibility index (Phi) is 30.2. The van der Waals surface area contributed by atoms with Gasteiger partial charge in [-0.05, 0) is 31.5 Å². The first-order valence-electron chi connectivity index (χ1n) is 18.2. The maximum Gasteiger partial charge on any atom is 0.306 e. The summed E-state index contributed by atoms with van der Waals surface area (Å²) in [6, 6.07) is 0. The van der Waals surface area contributed by atoms with Crippen LogP contribution in [0.15, 0.2) is 0 Å². The SMILES string of the molecule is CCCCCC(=O)O[C@@H]1[C@@H](OC(=O)CCCCC)[C@@H](OC)O[C@H](CSCCNC(=S)NCCN(CCN)CCN)[C@H]1OC(=O)CCCCC.Cl. The van der Waals surface area contributed by atoms with Gasteiger partial charge < -0.3 is 45.8 Å². The molecule has 0 aromatic heterocycles. The standard InChI is InChI=1S/C34H65N5O8S2.ClH/c1-5-8-11-14-27(40)45-30-26(25-49-24-20-38-34(48)37-19-23-39(21-17-35)22-18-36)44-33(43-4)32(47-29(42)16-13-10-7-3)31(30)46-28(41)15-12-9-6-2;/h26,30-33H,5-25,35-36H2,1-4H3,(H2,37,38,48);1H/t26-,30-,31+,32-,33+;/m1./s1. The van der Waals surface area contributed by atoms with Gasteiger partial charge in [0.2, 0.25) is 0 Å². The van der Waals surface area contributed by atoms with E-state index in [4.69, 9.17) is 47.4 Å². The van der Waals surface area contributed by atoms with Crippen LogP contribution in [-0.4, -0.2) is 123 Å². The molecule has 0 aromatic carbocycles. The highest BCUT2D eigenvalue weighted by Gasteiger charge is 2.52. The molecule has 0 amide bonds. The van der Waals surface area contributed by atoms with E-state index in [-0.39, 0.29) is 31.7 Å². The van der Waals surface area contributed by atoms with Crippen molar-refractivity contribution in [3.05, 3.63) is 0 Å². The first kappa shape index (κ1) is 48.5. The Morgan fingerprint density at radius 1 is 0.740 bits per heavy atom. The fourth-order valence-electron chi connectivity index (χ4n) is 5.32. The molecule has 0 bridgehead atoms. The highest BCUT2D eigenvalue weighted by molar-refractivity contribution is 7.99. The van der Waals surface area contributed by atoms with Gasteiger partial charge in [0, 0.05) is 83.7 Å². The number of hydrogen-bond acceptors (Lipinski definition) is 13. The number of thiocarbonyl (C=S) groups is 1. The van der Waals surface area contributed by atoms with E-state index < -0.39 is 48.6 Å². The molecule has 13 nitrogen and oxygen atoms in total. The van der Waals surface area contributed by atoms with Gasteiger partial charge in [-0.25, -0.2) is 0 Å². The first-order valence-corrected chi connectivity index (χ1v) is 19.8. The quantitative estimate of drug-likeness (QED) is 0.0392. The van der Waals surface area contributed by atoms with Gasteiger partial charge in [-0.15, -0.1) is 12.4 Å². The Morgan fingerprint density at radius 3 is 1.70 bits per heavy atom. The lowest BCUT2D eigenvalue weighted by Crippen LogP contribution is -2.62. The third-order valence-electron chi connectivity index (χ3n) is 8.00. The number of rotatable bonds is 28. The van der Waals surface area contributed by atoms with Crippen molar-refractivity contribution in [2.75, 3.05) is 64.4 Å². The van der Waals surface area contributed by atoms with Gasteiger partial charge in [-0.3, -0.25) is 19.3 Å². The van der Waals surface area contributed by atoms with Crippen LogP contribution < -0.4 is 22.1 Å². The maximum atomic E-state index is 13.1. The van der Waals surface area contributed by atoms with Crippen molar-refractivity contribution in [1.29, 1.82) is 0 Å². The molecule has 1 saturated heterocycles. The number of nitrogens with one attached hydrogen (secondary N) is 2. The average molecular weight is 773 g/mol. The van der Waals surface area contributed by atoms with Gasteiger partial charge in [0.05, 0.1) is 0 Å². The molecule has 1 heterocycles. The number of unbranched alkanes of at least 4 members (excludes halogenated alkanes) is 6. The summed E-state index contributed by atoms with van der Waals surface area (Å²) in [6.07, 6.45) is 3.28. The summed E-state index contributed by atoms with van der Waals surface area (Å²) in [6.45, 7) is 10.9. The van der Waals surface area contributed by atoms with E-state index >= 15 is 0 Å². The molecule has 1 aliphatic rings. The molecule has 294 valence electrons. The van der Waals surface area contributed by atoms with E-state index in [0.717, 1.165) is 58.2 Å². The second-order valence-corrected chi connectivity index (χ2v) is 13.7. The molecule has 5 atom stereocenters. The van der Waals surface area contributed by atoms with Crippen molar-refractivity contribution in [3.63, 3.8) is 0 Å². The number of thioether (sulfide) groups is 1. The molecule has 0 radical (unpaired) electrons. The second-order valence-electron chi connectivity index (χ2n) is 12.2. The van der Waals surface area contributed by atoms with Gasteiger partial charge in [0.25, 0.3) is 0 Å². The number of carbonyl (C=O) groups is 3. The molecule has 50 heavy (non-hydrogen) atoms. The highest BCUT2D eigenvalue weighted by Crippen LogP contribution is 2.32. The van der Waals surface area contributed by atoms with Crippen LogP contribution >= 0.6 is 36.4 Å². The highest BCUT2D eigenvalue weighted by atomic mass is 35.5. The number of halogens is 1. The van der Waals surface area contributed by atoms with E-state index in [0.29, 0.717) is 62.1 Å². The minimum absolute atomic E-state index is 0. The number of ether oxygens (including phenoxy) is 5. The average Bonchev–Trinajstić information content (AvgIpc) is 3.07. The molecule has 16 heteroatoms. The number of nitrogens with zero attached hydrogens (tertiary/aromatic N) is 1. The molecular formula is C34H66ClN5O8S2. The molecule has 1 rings (SSSR count). The molecular weight excluding hydrogens is 706 g/mol. The number of nitrogens with two attached hydrogens (primary N) is 2. The Bertz CT molecular complexity index is 923. The Balaban J connectivity index is 0.0000240. The molecule has 0 aromatic rings. The largest absolute Gasteiger partial charge is 0.455 e. The van der Waals surface area contributed by atoms with Gasteiger partial charge in [-0.2, -0.15) is 11.8 Å². The van der Waals surface area contributed by atoms with Gasteiger partial charge >= 0.3 is 17.9 Å². The third-order valence-corrected chi connectivity index (χ3v) is 9.34. The number of esters is 3. The zero-order valence-electron chi connectivity index (χ0n) is 30.8. The van der Waals surface area contributed by atoms with Crippen LogP contribution in [0.25, 0.3) is 0 Å². The molecule has 0 spiro atoms. The first-order chi connectivity index (χ1) is 23.7. The van der Waals surface area contributed by atoms with Crippen LogP contribution in [0.4, 0.5) is 0 Å². The number of carbonyl (C=O) groups excluding carboxylic acids is 3. The lowest BCUT2D eigenvalue weighted by molar-refractivity contribution is -0.295. The third kappa shape index (κ3) is 21.2. The summed E-state index contributed by atoms with van der Waals surface area (Å²) < 4.78 is 29.8. The van der Waals surface area contributed by atoms with E-state index in [9.17, 15) is 14.4 Å². The summed E-state index contributed by atoms with van der Waals surface area (Å²) in [5.74, 6) is -0.231. The maximum absolute atomic E-state index is 13.1. The van der Waals surface area contributed by atoms with Crippen LogP contribution in [-0.2, 0) is 38.1 Å². The fraction of sp³-hybridized carbons (Fsp3) is 0.882.